The molecule has 0 aromatic heterocycles. The Kier molecular flexibility index (Phi) is 8.79. The number of piperidine rings is 1. The third kappa shape index (κ3) is 7.50. The van der Waals surface area contributed by atoms with E-state index in [1.165, 1.54) is 19.3 Å². The molecule has 1 heterocycles. The van der Waals surface area contributed by atoms with Gasteiger partial charge in [0.15, 0.2) is 0 Å². The van der Waals surface area contributed by atoms with Crippen LogP contribution < -0.4 is 10.6 Å². The average Bonchev–Trinajstić information content (AvgIpc) is 2.40. The van der Waals surface area contributed by atoms with E-state index in [1.807, 2.05) is 0 Å². The van der Waals surface area contributed by atoms with Gasteiger partial charge in [0, 0.05) is 26.2 Å². The summed E-state index contributed by atoms with van der Waals surface area (Å²) >= 11 is 0. The predicted octanol–water partition coefficient (Wildman–Crippen LogP) is 0.603. The third-order valence-electron chi connectivity index (χ3n) is 3.43. The number of ether oxygens (including phenoxy) is 1. The van der Waals surface area contributed by atoms with Crippen LogP contribution in [0, 0.1) is 0 Å². The van der Waals surface area contributed by atoms with Gasteiger partial charge in [0.2, 0.25) is 5.91 Å². The molecule has 19 heavy (non-hydrogen) atoms. The van der Waals surface area contributed by atoms with Crippen LogP contribution in [0.5, 0.6) is 0 Å². The molecule has 0 aromatic rings. The maximum atomic E-state index is 11.8. The summed E-state index contributed by atoms with van der Waals surface area (Å²) in [5.41, 5.74) is 0. The Morgan fingerprint density at radius 2 is 2.32 bits per heavy atom. The largest absolute Gasteiger partial charge is 0.383 e. The molecule has 0 aromatic carbocycles. The first-order valence-corrected chi connectivity index (χ1v) is 7.47. The van der Waals surface area contributed by atoms with Crippen LogP contribution >= 0.6 is 0 Å². The minimum atomic E-state index is 0.0984. The molecule has 0 aliphatic carbocycles. The zero-order valence-electron chi connectivity index (χ0n) is 12.4. The fraction of sp³-hybridized carbons (Fsp3) is 0.929. The van der Waals surface area contributed by atoms with Gasteiger partial charge in [-0.15, -0.1) is 0 Å². The molecule has 1 unspecified atom stereocenters. The second-order valence-corrected chi connectivity index (χ2v) is 5.22. The fourth-order valence-corrected chi connectivity index (χ4v) is 2.49. The molecular weight excluding hydrogens is 242 g/mol. The predicted molar refractivity (Wildman–Crippen MR) is 77.3 cm³/mol. The van der Waals surface area contributed by atoms with Gasteiger partial charge in [-0.1, -0.05) is 13.3 Å². The van der Waals surface area contributed by atoms with E-state index in [9.17, 15) is 4.79 Å². The number of carbonyl (C=O) groups is 1. The van der Waals surface area contributed by atoms with Crippen LogP contribution in [-0.2, 0) is 9.53 Å². The van der Waals surface area contributed by atoms with Gasteiger partial charge in [0.1, 0.15) is 0 Å². The highest BCUT2D eigenvalue weighted by atomic mass is 16.5. The van der Waals surface area contributed by atoms with Crippen LogP contribution in [0.3, 0.4) is 0 Å². The van der Waals surface area contributed by atoms with Crippen molar-refractivity contribution in [1.82, 2.24) is 15.5 Å². The maximum absolute atomic E-state index is 11.8. The Balaban J connectivity index is 2.27. The van der Waals surface area contributed by atoms with Crippen molar-refractivity contribution in [2.75, 3.05) is 46.4 Å². The van der Waals surface area contributed by atoms with Crippen LogP contribution in [0.25, 0.3) is 0 Å². The second kappa shape index (κ2) is 10.2. The van der Waals surface area contributed by atoms with Crippen molar-refractivity contribution in [3.8, 4) is 0 Å². The first-order chi connectivity index (χ1) is 9.26. The summed E-state index contributed by atoms with van der Waals surface area (Å²) in [5, 5.41) is 6.42. The lowest BCUT2D eigenvalue weighted by atomic mass is 10.0. The molecule has 1 saturated heterocycles. The summed E-state index contributed by atoms with van der Waals surface area (Å²) in [6, 6.07) is 0.548. The molecule has 0 saturated carbocycles. The van der Waals surface area contributed by atoms with Gasteiger partial charge in [-0.2, -0.15) is 0 Å². The van der Waals surface area contributed by atoms with Crippen LogP contribution in [-0.4, -0.2) is 63.3 Å². The molecule has 2 N–H and O–H groups in total. The fourth-order valence-electron chi connectivity index (χ4n) is 2.49. The second-order valence-electron chi connectivity index (χ2n) is 5.22. The van der Waals surface area contributed by atoms with E-state index >= 15 is 0 Å². The summed E-state index contributed by atoms with van der Waals surface area (Å²) in [4.78, 5) is 14.1. The maximum Gasteiger partial charge on any atom is 0.234 e. The van der Waals surface area contributed by atoms with Crippen molar-refractivity contribution in [1.29, 1.82) is 0 Å². The summed E-state index contributed by atoms with van der Waals surface area (Å²) < 4.78 is 4.93. The van der Waals surface area contributed by atoms with Gasteiger partial charge in [-0.25, -0.2) is 0 Å². The number of carbonyl (C=O) groups excluding carboxylic acids is 1. The highest BCUT2D eigenvalue weighted by molar-refractivity contribution is 5.77. The van der Waals surface area contributed by atoms with Crippen LogP contribution in [0.1, 0.15) is 32.6 Å². The lowest BCUT2D eigenvalue weighted by Crippen LogP contribution is -2.47. The van der Waals surface area contributed by atoms with Gasteiger partial charge in [-0.3, -0.25) is 9.69 Å². The van der Waals surface area contributed by atoms with Crippen molar-refractivity contribution >= 4 is 5.91 Å². The van der Waals surface area contributed by atoms with Crippen LogP contribution in [0.15, 0.2) is 0 Å². The molecule has 0 radical (unpaired) electrons. The van der Waals surface area contributed by atoms with Crippen molar-refractivity contribution < 1.29 is 9.53 Å². The number of nitrogens with zero attached hydrogens (tertiary/aromatic N) is 1. The number of amides is 1. The Hall–Kier alpha value is -0.650. The van der Waals surface area contributed by atoms with Gasteiger partial charge in [0.25, 0.3) is 0 Å². The number of methoxy groups -OCH3 is 1. The first kappa shape index (κ1) is 16.4. The molecule has 1 atom stereocenters. The highest BCUT2D eigenvalue weighted by Crippen LogP contribution is 2.08. The third-order valence-corrected chi connectivity index (χ3v) is 3.43. The van der Waals surface area contributed by atoms with Crippen molar-refractivity contribution in [3.05, 3.63) is 0 Å². The topological polar surface area (TPSA) is 53.6 Å². The minimum Gasteiger partial charge on any atom is -0.383 e. The van der Waals surface area contributed by atoms with E-state index in [0.29, 0.717) is 25.7 Å². The molecule has 112 valence electrons. The molecule has 5 heteroatoms. The van der Waals surface area contributed by atoms with Gasteiger partial charge in [0.05, 0.1) is 13.2 Å². The number of nitrogens with one attached hydrogen (secondary N) is 2. The van der Waals surface area contributed by atoms with Gasteiger partial charge >= 0.3 is 0 Å². The summed E-state index contributed by atoms with van der Waals surface area (Å²) in [5.74, 6) is 0.0984. The highest BCUT2D eigenvalue weighted by Gasteiger charge is 2.17. The van der Waals surface area contributed by atoms with Gasteiger partial charge < -0.3 is 15.4 Å². The number of hydrogen-bond donors (Lipinski definition) is 2. The molecule has 1 aliphatic heterocycles. The standard InChI is InChI=1S/C14H29N3O2/c1-3-9-17(11-13-6-4-5-7-15-13)12-14(18)16-8-10-19-2/h13,15H,3-12H2,1-2H3,(H,16,18). The average molecular weight is 271 g/mol. The molecule has 0 spiro atoms. The normalized spacial score (nSPS) is 19.6. The Morgan fingerprint density at radius 1 is 1.47 bits per heavy atom. The summed E-state index contributed by atoms with van der Waals surface area (Å²) in [6.45, 7) is 6.90. The van der Waals surface area contributed by atoms with Gasteiger partial charge in [-0.05, 0) is 32.4 Å². The van der Waals surface area contributed by atoms with E-state index in [4.69, 9.17) is 4.74 Å². The molecule has 0 bridgehead atoms. The van der Waals surface area contributed by atoms with E-state index < -0.39 is 0 Å². The quantitative estimate of drug-likeness (QED) is 0.603. The number of hydrogen-bond acceptors (Lipinski definition) is 4. The first-order valence-electron chi connectivity index (χ1n) is 7.47. The lowest BCUT2D eigenvalue weighted by Gasteiger charge is -2.30. The van der Waals surface area contributed by atoms with Crippen LogP contribution in [0.2, 0.25) is 0 Å². The molecule has 1 rings (SSSR count). The smallest absolute Gasteiger partial charge is 0.234 e. The molecule has 1 fully saturated rings. The molecule has 1 aliphatic rings. The Bertz CT molecular complexity index is 243. The van der Waals surface area contributed by atoms with Crippen molar-refractivity contribution in [3.63, 3.8) is 0 Å². The van der Waals surface area contributed by atoms with E-state index in [1.54, 1.807) is 7.11 Å². The van der Waals surface area contributed by atoms with E-state index in [0.717, 1.165) is 26.1 Å². The zero-order chi connectivity index (χ0) is 13.9. The number of rotatable bonds is 9. The summed E-state index contributed by atoms with van der Waals surface area (Å²) in [7, 11) is 1.64. The van der Waals surface area contributed by atoms with Crippen molar-refractivity contribution in [2.24, 2.45) is 0 Å². The SMILES string of the molecule is CCCN(CC(=O)NCCOC)CC1CCCCN1. The monoisotopic (exact) mass is 271 g/mol. The Labute approximate surface area is 117 Å². The minimum absolute atomic E-state index is 0.0984. The summed E-state index contributed by atoms with van der Waals surface area (Å²) in [6.07, 6.45) is 4.89. The Morgan fingerprint density at radius 3 is 2.95 bits per heavy atom. The molecule has 1 amide bonds. The van der Waals surface area contributed by atoms with Crippen LogP contribution in [0.4, 0.5) is 0 Å². The molecular formula is C14H29N3O2. The van der Waals surface area contributed by atoms with E-state index in [-0.39, 0.29) is 5.91 Å². The zero-order valence-corrected chi connectivity index (χ0v) is 12.4. The molecule has 5 nitrogen and oxygen atoms in total. The van der Waals surface area contributed by atoms with Crippen molar-refractivity contribution in [2.45, 2.75) is 38.6 Å². The van der Waals surface area contributed by atoms with E-state index in [2.05, 4.69) is 22.5 Å². The lowest BCUT2D eigenvalue weighted by molar-refractivity contribution is -0.122.